The number of halogens is 1. The topological polar surface area (TPSA) is 21.3 Å². The van der Waals surface area contributed by atoms with E-state index >= 15 is 0 Å². The van der Waals surface area contributed by atoms with Crippen molar-refractivity contribution in [2.75, 3.05) is 19.7 Å². The minimum Gasteiger partial charge on any atom is -0.377 e. The molecule has 2 nitrogen and oxygen atoms in total. The fourth-order valence-electron chi connectivity index (χ4n) is 1.30. The molecule has 0 bridgehead atoms. The van der Waals surface area contributed by atoms with E-state index < -0.39 is 0 Å². The Morgan fingerprint density at radius 1 is 1.38 bits per heavy atom. The zero-order valence-corrected chi connectivity index (χ0v) is 9.75. The molecule has 1 fully saturated rings. The lowest BCUT2D eigenvalue weighted by molar-refractivity contribution is 0.0501. The van der Waals surface area contributed by atoms with Gasteiger partial charge in [0, 0.05) is 13.2 Å². The molecule has 80 valence electrons. The molecule has 0 aromatic heterocycles. The Morgan fingerprint density at radius 3 is 2.54 bits per heavy atom. The molecule has 1 saturated heterocycles. The summed E-state index contributed by atoms with van der Waals surface area (Å²) in [5.74, 6) is 0. The average Bonchev–Trinajstić information content (AvgIpc) is 2.36. The SMILES string of the molecule is CC(C)(C)CCOC1CCNC1.Cl. The quantitative estimate of drug-likeness (QED) is 0.767. The molecule has 0 spiro atoms. The highest BCUT2D eigenvalue weighted by Crippen LogP contribution is 2.18. The fraction of sp³-hybridized carbons (Fsp3) is 1.00. The molecule has 0 aromatic rings. The van der Waals surface area contributed by atoms with Gasteiger partial charge in [-0.3, -0.25) is 0 Å². The van der Waals surface area contributed by atoms with Gasteiger partial charge >= 0.3 is 0 Å². The molecular formula is C10H22ClNO. The summed E-state index contributed by atoms with van der Waals surface area (Å²) in [6, 6.07) is 0. The second-order valence-electron chi connectivity index (χ2n) is 4.80. The molecule has 1 rings (SSSR count). The maximum atomic E-state index is 5.72. The van der Waals surface area contributed by atoms with Crippen LogP contribution in [0.4, 0.5) is 0 Å². The van der Waals surface area contributed by atoms with Gasteiger partial charge < -0.3 is 10.1 Å². The van der Waals surface area contributed by atoms with Crippen molar-refractivity contribution < 1.29 is 4.74 Å². The molecule has 1 unspecified atom stereocenters. The van der Waals surface area contributed by atoms with E-state index in [0.29, 0.717) is 11.5 Å². The molecule has 1 N–H and O–H groups in total. The predicted octanol–water partition coefficient (Wildman–Crippen LogP) is 2.22. The molecule has 1 aliphatic rings. The van der Waals surface area contributed by atoms with Gasteiger partial charge in [-0.05, 0) is 24.8 Å². The molecule has 1 atom stereocenters. The van der Waals surface area contributed by atoms with Crippen LogP contribution in [0.5, 0.6) is 0 Å². The van der Waals surface area contributed by atoms with Crippen LogP contribution in [0.3, 0.4) is 0 Å². The van der Waals surface area contributed by atoms with Gasteiger partial charge in [-0.2, -0.15) is 0 Å². The standard InChI is InChI=1S/C10H21NO.ClH/c1-10(2,3)5-7-12-9-4-6-11-8-9;/h9,11H,4-8H2,1-3H3;1H. The number of hydrogen-bond acceptors (Lipinski definition) is 2. The molecular weight excluding hydrogens is 186 g/mol. The maximum Gasteiger partial charge on any atom is 0.0711 e. The van der Waals surface area contributed by atoms with E-state index in [-0.39, 0.29) is 12.4 Å². The van der Waals surface area contributed by atoms with Gasteiger partial charge in [0.1, 0.15) is 0 Å². The second kappa shape index (κ2) is 5.84. The minimum atomic E-state index is 0. The highest BCUT2D eigenvalue weighted by atomic mass is 35.5. The van der Waals surface area contributed by atoms with Gasteiger partial charge in [-0.15, -0.1) is 12.4 Å². The smallest absolute Gasteiger partial charge is 0.0711 e. The monoisotopic (exact) mass is 207 g/mol. The van der Waals surface area contributed by atoms with Crippen molar-refractivity contribution >= 4 is 12.4 Å². The lowest BCUT2D eigenvalue weighted by Crippen LogP contribution is -2.19. The molecule has 0 aliphatic carbocycles. The number of rotatable bonds is 3. The maximum absolute atomic E-state index is 5.72. The van der Waals surface area contributed by atoms with Crippen LogP contribution < -0.4 is 5.32 Å². The van der Waals surface area contributed by atoms with Crippen LogP contribution in [-0.4, -0.2) is 25.8 Å². The molecule has 0 radical (unpaired) electrons. The largest absolute Gasteiger partial charge is 0.377 e. The summed E-state index contributed by atoms with van der Waals surface area (Å²) in [6.07, 6.45) is 2.82. The first-order chi connectivity index (χ1) is 5.58. The van der Waals surface area contributed by atoms with Crippen LogP contribution in [-0.2, 0) is 4.74 Å². The van der Waals surface area contributed by atoms with Crippen LogP contribution in [0, 0.1) is 5.41 Å². The van der Waals surface area contributed by atoms with Gasteiger partial charge in [-0.25, -0.2) is 0 Å². The van der Waals surface area contributed by atoms with Gasteiger partial charge in [0.2, 0.25) is 0 Å². The third kappa shape index (κ3) is 6.30. The molecule has 13 heavy (non-hydrogen) atoms. The lowest BCUT2D eigenvalue weighted by atomic mass is 9.93. The van der Waals surface area contributed by atoms with Crippen molar-refractivity contribution in [3.63, 3.8) is 0 Å². The zero-order chi connectivity index (χ0) is 9.03. The predicted molar refractivity (Wildman–Crippen MR) is 58.5 cm³/mol. The summed E-state index contributed by atoms with van der Waals surface area (Å²) in [6.45, 7) is 9.84. The van der Waals surface area contributed by atoms with E-state index in [1.54, 1.807) is 0 Å². The first kappa shape index (κ1) is 13.2. The Hall–Kier alpha value is 0.210. The van der Waals surface area contributed by atoms with E-state index in [4.69, 9.17) is 4.74 Å². The van der Waals surface area contributed by atoms with E-state index in [0.717, 1.165) is 26.1 Å². The van der Waals surface area contributed by atoms with E-state index in [2.05, 4.69) is 26.1 Å². The summed E-state index contributed by atoms with van der Waals surface area (Å²) in [7, 11) is 0. The Labute approximate surface area is 87.8 Å². The van der Waals surface area contributed by atoms with Gasteiger partial charge in [-0.1, -0.05) is 20.8 Å². The zero-order valence-electron chi connectivity index (χ0n) is 8.93. The number of ether oxygens (including phenoxy) is 1. The van der Waals surface area contributed by atoms with Gasteiger partial charge in [0.25, 0.3) is 0 Å². The first-order valence-corrected chi connectivity index (χ1v) is 4.90. The van der Waals surface area contributed by atoms with Crippen LogP contribution in [0.2, 0.25) is 0 Å². The van der Waals surface area contributed by atoms with Crippen molar-refractivity contribution in [2.45, 2.75) is 39.7 Å². The van der Waals surface area contributed by atoms with E-state index in [9.17, 15) is 0 Å². The molecule has 0 aromatic carbocycles. The van der Waals surface area contributed by atoms with Crippen molar-refractivity contribution in [1.82, 2.24) is 5.32 Å². The second-order valence-corrected chi connectivity index (χ2v) is 4.80. The third-order valence-corrected chi connectivity index (χ3v) is 2.22. The van der Waals surface area contributed by atoms with Crippen molar-refractivity contribution in [3.05, 3.63) is 0 Å². The van der Waals surface area contributed by atoms with E-state index in [1.165, 1.54) is 6.42 Å². The lowest BCUT2D eigenvalue weighted by Gasteiger charge is -2.19. The van der Waals surface area contributed by atoms with Gasteiger partial charge in [0.05, 0.1) is 6.10 Å². The van der Waals surface area contributed by atoms with Crippen LogP contribution in [0.1, 0.15) is 33.6 Å². The molecule has 1 heterocycles. The Morgan fingerprint density at radius 2 is 2.08 bits per heavy atom. The number of nitrogens with one attached hydrogen (secondary N) is 1. The molecule has 1 aliphatic heterocycles. The Kier molecular flexibility index (Phi) is 5.93. The average molecular weight is 208 g/mol. The highest BCUT2D eigenvalue weighted by molar-refractivity contribution is 5.85. The summed E-state index contributed by atoms with van der Waals surface area (Å²) in [5, 5.41) is 3.29. The number of hydrogen-bond donors (Lipinski definition) is 1. The first-order valence-electron chi connectivity index (χ1n) is 4.90. The van der Waals surface area contributed by atoms with Crippen LogP contribution in [0.25, 0.3) is 0 Å². The summed E-state index contributed by atoms with van der Waals surface area (Å²) >= 11 is 0. The van der Waals surface area contributed by atoms with Crippen molar-refractivity contribution in [3.8, 4) is 0 Å². The summed E-state index contributed by atoms with van der Waals surface area (Å²) in [4.78, 5) is 0. The third-order valence-electron chi connectivity index (χ3n) is 2.22. The Balaban J connectivity index is 0.00000144. The van der Waals surface area contributed by atoms with Crippen LogP contribution >= 0.6 is 12.4 Å². The van der Waals surface area contributed by atoms with Gasteiger partial charge in [0.15, 0.2) is 0 Å². The van der Waals surface area contributed by atoms with Crippen molar-refractivity contribution in [2.24, 2.45) is 5.41 Å². The summed E-state index contributed by atoms with van der Waals surface area (Å²) in [5.41, 5.74) is 0.409. The fourth-order valence-corrected chi connectivity index (χ4v) is 1.30. The molecule has 3 heteroatoms. The highest BCUT2D eigenvalue weighted by Gasteiger charge is 2.16. The Bertz CT molecular complexity index is 127. The van der Waals surface area contributed by atoms with E-state index in [1.807, 2.05) is 0 Å². The van der Waals surface area contributed by atoms with Crippen LogP contribution in [0.15, 0.2) is 0 Å². The molecule has 0 amide bonds. The minimum absolute atomic E-state index is 0. The summed E-state index contributed by atoms with van der Waals surface area (Å²) < 4.78 is 5.72. The molecule has 0 saturated carbocycles. The van der Waals surface area contributed by atoms with Crippen molar-refractivity contribution in [1.29, 1.82) is 0 Å². The normalized spacial score (nSPS) is 22.8.